The number of hydrogen-bond donors (Lipinski definition) is 3. The second kappa shape index (κ2) is 9.90. The van der Waals surface area contributed by atoms with Crippen LogP contribution < -0.4 is 9.47 Å². The van der Waals surface area contributed by atoms with Crippen LogP contribution in [-0.4, -0.2) is 32.6 Å². The third-order valence-corrected chi connectivity index (χ3v) is 7.14. The van der Waals surface area contributed by atoms with E-state index in [2.05, 4.69) is 15.0 Å². The van der Waals surface area contributed by atoms with Crippen LogP contribution in [0.15, 0.2) is 60.9 Å². The Balaban J connectivity index is 1.24. The number of imidazole rings is 1. The molecule has 1 atom stereocenters. The molecule has 3 N–H and O–H groups in total. The fourth-order valence-electron chi connectivity index (χ4n) is 5.13. The molecule has 6 rings (SSSR count). The van der Waals surface area contributed by atoms with Gasteiger partial charge < -0.3 is 24.5 Å². The molecule has 0 aliphatic carbocycles. The number of H-pyrrole nitrogens is 2. The number of ether oxygens (including phenoxy) is 2. The van der Waals surface area contributed by atoms with Gasteiger partial charge in [0.15, 0.2) is 11.6 Å². The van der Waals surface area contributed by atoms with Gasteiger partial charge in [-0.2, -0.15) is 0 Å². The number of carboxylic acid groups (broad SMARTS) is 1. The Hall–Kier alpha value is -4.66. The Bertz CT molecular complexity index is 1710. The number of carbonyl (C=O) groups is 1. The largest absolute Gasteiger partial charge is 0.492 e. The number of nitrogens with one attached hydrogen (secondary N) is 2. The van der Waals surface area contributed by atoms with Crippen LogP contribution in [0.4, 0.5) is 8.78 Å². The van der Waals surface area contributed by atoms with E-state index in [4.69, 9.17) is 14.6 Å². The molecule has 9 heteroatoms. The number of aromatic nitrogens is 3. The van der Waals surface area contributed by atoms with Crippen LogP contribution in [0.5, 0.6) is 17.2 Å². The number of rotatable bonds is 7. The van der Waals surface area contributed by atoms with Gasteiger partial charge in [-0.15, -0.1) is 0 Å². The van der Waals surface area contributed by atoms with E-state index in [0.29, 0.717) is 36.4 Å². The molecular weight excluding hydrogens is 504 g/mol. The molecule has 0 bridgehead atoms. The lowest BCUT2D eigenvalue weighted by atomic mass is 9.92. The van der Waals surface area contributed by atoms with Gasteiger partial charge in [-0.1, -0.05) is 18.2 Å². The lowest BCUT2D eigenvalue weighted by Crippen LogP contribution is -2.20. The highest BCUT2D eigenvalue weighted by Crippen LogP contribution is 2.37. The maximum Gasteiger partial charge on any atom is 0.303 e. The summed E-state index contributed by atoms with van der Waals surface area (Å²) in [6.45, 7) is 2.15. The molecular formula is C30H25F2N3O4. The average Bonchev–Trinajstić information content (AvgIpc) is 3.60. The van der Waals surface area contributed by atoms with Gasteiger partial charge in [0, 0.05) is 53.0 Å². The normalized spacial score (nSPS) is 14.7. The SMILES string of the molecule is Cc1c(Oc2ccc(F)c(-c3ncc(C4COc5c(CCC(=O)O)cccc5C4)[nH]3)c2)c(F)cc2[nH]ccc12. The zero-order valence-electron chi connectivity index (χ0n) is 21.1. The van der Waals surface area contributed by atoms with Gasteiger partial charge in [0.25, 0.3) is 0 Å². The van der Waals surface area contributed by atoms with Crippen LogP contribution in [-0.2, 0) is 17.6 Å². The Kier molecular flexibility index (Phi) is 6.26. The van der Waals surface area contributed by atoms with Crippen molar-refractivity contribution in [2.24, 2.45) is 0 Å². The summed E-state index contributed by atoms with van der Waals surface area (Å²) in [6, 6.07) is 13.2. The zero-order chi connectivity index (χ0) is 27.1. The number of hydrogen-bond acceptors (Lipinski definition) is 4. The van der Waals surface area contributed by atoms with Crippen molar-refractivity contribution in [3.8, 4) is 28.6 Å². The second-order valence-electron chi connectivity index (χ2n) is 9.69. The number of aliphatic carboxylic acids is 1. The number of para-hydroxylation sites is 1. The molecule has 0 saturated carbocycles. The van der Waals surface area contributed by atoms with Crippen LogP contribution in [0.25, 0.3) is 22.3 Å². The summed E-state index contributed by atoms with van der Waals surface area (Å²) in [4.78, 5) is 21.6. The van der Waals surface area contributed by atoms with Crippen LogP contribution in [0.2, 0.25) is 0 Å². The monoisotopic (exact) mass is 529 g/mol. The molecule has 1 aliphatic rings. The summed E-state index contributed by atoms with van der Waals surface area (Å²) in [5, 5.41) is 9.87. The minimum atomic E-state index is -0.852. The summed E-state index contributed by atoms with van der Waals surface area (Å²) in [6.07, 6.45) is 4.51. The Morgan fingerprint density at radius 3 is 2.90 bits per heavy atom. The first kappa shape index (κ1) is 24.7. The van der Waals surface area contributed by atoms with Crippen molar-refractivity contribution < 1.29 is 28.2 Å². The van der Waals surface area contributed by atoms with E-state index < -0.39 is 17.6 Å². The molecule has 0 fully saturated rings. The number of benzene rings is 3. The predicted octanol–water partition coefficient (Wildman–Crippen LogP) is 6.67. The summed E-state index contributed by atoms with van der Waals surface area (Å²) in [7, 11) is 0. The van der Waals surface area contributed by atoms with Gasteiger partial charge in [0.2, 0.25) is 0 Å². The number of fused-ring (bicyclic) bond motifs is 2. The van der Waals surface area contributed by atoms with Crippen LogP contribution in [0.1, 0.15) is 34.7 Å². The molecule has 3 aromatic carbocycles. The van der Waals surface area contributed by atoms with Gasteiger partial charge in [-0.3, -0.25) is 4.79 Å². The number of aryl methyl sites for hydroxylation is 2. The molecule has 39 heavy (non-hydrogen) atoms. The molecule has 2 aromatic heterocycles. The molecule has 0 amide bonds. The van der Waals surface area contributed by atoms with E-state index in [1.54, 1.807) is 19.3 Å². The summed E-state index contributed by atoms with van der Waals surface area (Å²) >= 11 is 0. The molecule has 0 spiro atoms. The van der Waals surface area contributed by atoms with E-state index in [9.17, 15) is 13.6 Å². The molecule has 5 aromatic rings. The van der Waals surface area contributed by atoms with E-state index in [1.165, 1.54) is 24.3 Å². The van der Waals surface area contributed by atoms with E-state index >= 15 is 0 Å². The summed E-state index contributed by atoms with van der Waals surface area (Å²) < 4.78 is 41.6. The van der Waals surface area contributed by atoms with Crippen molar-refractivity contribution >= 4 is 16.9 Å². The molecule has 7 nitrogen and oxygen atoms in total. The highest BCUT2D eigenvalue weighted by atomic mass is 19.1. The minimum Gasteiger partial charge on any atom is -0.492 e. The third-order valence-electron chi connectivity index (χ3n) is 7.14. The van der Waals surface area contributed by atoms with Crippen molar-refractivity contribution in [1.29, 1.82) is 0 Å². The van der Waals surface area contributed by atoms with Crippen molar-refractivity contribution in [3.63, 3.8) is 0 Å². The van der Waals surface area contributed by atoms with E-state index in [0.717, 1.165) is 28.0 Å². The average molecular weight is 530 g/mol. The van der Waals surface area contributed by atoms with Gasteiger partial charge in [-0.05, 0) is 55.2 Å². The maximum absolute atomic E-state index is 14.9. The highest BCUT2D eigenvalue weighted by molar-refractivity contribution is 5.85. The van der Waals surface area contributed by atoms with Gasteiger partial charge in [-0.25, -0.2) is 13.8 Å². The van der Waals surface area contributed by atoms with Crippen LogP contribution in [0.3, 0.4) is 0 Å². The zero-order valence-corrected chi connectivity index (χ0v) is 21.1. The third kappa shape index (κ3) is 4.71. The first-order valence-corrected chi connectivity index (χ1v) is 12.6. The lowest BCUT2D eigenvalue weighted by Gasteiger charge is -2.26. The fourth-order valence-corrected chi connectivity index (χ4v) is 5.13. The topological polar surface area (TPSA) is 100 Å². The van der Waals surface area contributed by atoms with Crippen LogP contribution >= 0.6 is 0 Å². The Morgan fingerprint density at radius 1 is 1.18 bits per heavy atom. The lowest BCUT2D eigenvalue weighted by molar-refractivity contribution is -0.136. The van der Waals surface area contributed by atoms with Gasteiger partial charge >= 0.3 is 5.97 Å². The number of halogens is 2. The molecule has 0 saturated heterocycles. The van der Waals surface area contributed by atoms with Crippen molar-refractivity contribution in [1.82, 2.24) is 15.0 Å². The summed E-state index contributed by atoms with van der Waals surface area (Å²) in [5.74, 6) is -0.466. The van der Waals surface area contributed by atoms with Crippen LogP contribution in [0, 0.1) is 18.6 Å². The second-order valence-corrected chi connectivity index (χ2v) is 9.69. The fraction of sp³-hybridized carbons (Fsp3) is 0.200. The molecule has 3 heterocycles. The first-order chi connectivity index (χ1) is 18.9. The Labute approximate surface area is 222 Å². The summed E-state index contributed by atoms with van der Waals surface area (Å²) in [5.41, 5.74) is 4.17. The van der Waals surface area contributed by atoms with Crippen molar-refractivity contribution in [2.75, 3.05) is 6.61 Å². The number of aromatic amines is 2. The maximum atomic E-state index is 14.9. The van der Waals surface area contributed by atoms with Crippen molar-refractivity contribution in [3.05, 3.63) is 94.9 Å². The number of nitrogens with zero attached hydrogens (tertiary/aromatic N) is 1. The quantitative estimate of drug-likeness (QED) is 0.219. The standard InChI is InChI=1S/C30H25F2N3O4/c1-16-21-9-10-33-25(21)13-24(32)28(16)39-20-6-7-23(31)22(12-20)30-34-14-26(35-30)19-11-18-4-2-3-17(5-8-27(36)37)29(18)38-15-19/h2-4,6-7,9-10,12-14,19,33H,5,8,11,15H2,1H3,(H,34,35)(H,36,37). The first-order valence-electron chi connectivity index (χ1n) is 12.6. The van der Waals surface area contributed by atoms with Gasteiger partial charge in [0.05, 0.1) is 12.2 Å². The van der Waals surface area contributed by atoms with Crippen molar-refractivity contribution in [2.45, 2.75) is 32.1 Å². The smallest absolute Gasteiger partial charge is 0.303 e. The predicted molar refractivity (Wildman–Crippen MR) is 141 cm³/mol. The molecule has 0 radical (unpaired) electrons. The van der Waals surface area contributed by atoms with E-state index in [-0.39, 0.29) is 29.4 Å². The minimum absolute atomic E-state index is 0.0361. The molecule has 198 valence electrons. The molecule has 1 aliphatic heterocycles. The van der Waals surface area contributed by atoms with Gasteiger partial charge in [0.1, 0.15) is 23.1 Å². The molecule has 1 unspecified atom stereocenters. The van der Waals surface area contributed by atoms with E-state index in [1.807, 2.05) is 24.3 Å². The Morgan fingerprint density at radius 2 is 2.05 bits per heavy atom. The highest BCUT2D eigenvalue weighted by Gasteiger charge is 2.25. The number of carboxylic acids is 1.